The molecular formula is C16H13BrN4O. The van der Waals surface area contributed by atoms with Crippen LogP contribution in [0.25, 0.3) is 5.82 Å². The summed E-state index contributed by atoms with van der Waals surface area (Å²) in [6.45, 7) is 1.94. The number of hydrogen-bond donors (Lipinski definition) is 1. The molecule has 2 heterocycles. The summed E-state index contributed by atoms with van der Waals surface area (Å²) in [5.41, 5.74) is 2.10. The molecule has 0 spiro atoms. The van der Waals surface area contributed by atoms with Gasteiger partial charge in [-0.1, -0.05) is 22.0 Å². The molecule has 0 radical (unpaired) electrons. The van der Waals surface area contributed by atoms with E-state index in [-0.39, 0.29) is 5.91 Å². The average Bonchev–Trinajstić information content (AvgIpc) is 3.04. The van der Waals surface area contributed by atoms with Crippen LogP contribution in [-0.2, 0) is 0 Å². The smallest absolute Gasteiger partial charge is 0.274 e. The molecule has 0 unspecified atom stereocenters. The van der Waals surface area contributed by atoms with Gasteiger partial charge < -0.3 is 5.32 Å². The van der Waals surface area contributed by atoms with Crippen molar-refractivity contribution in [2.75, 3.05) is 5.32 Å². The number of nitrogens with one attached hydrogen (secondary N) is 1. The van der Waals surface area contributed by atoms with E-state index >= 15 is 0 Å². The number of rotatable bonds is 3. The molecule has 0 aliphatic carbocycles. The Morgan fingerprint density at radius 1 is 1.27 bits per heavy atom. The van der Waals surface area contributed by atoms with Gasteiger partial charge in [-0.3, -0.25) is 9.36 Å². The molecule has 1 N–H and O–H groups in total. The highest BCUT2D eigenvalue weighted by Crippen LogP contribution is 2.20. The molecule has 0 saturated heterocycles. The average molecular weight is 357 g/mol. The van der Waals surface area contributed by atoms with Crippen molar-refractivity contribution in [3.05, 3.63) is 70.8 Å². The van der Waals surface area contributed by atoms with E-state index in [9.17, 15) is 4.79 Å². The molecule has 1 amide bonds. The summed E-state index contributed by atoms with van der Waals surface area (Å²) in [7, 11) is 0. The monoisotopic (exact) mass is 356 g/mol. The van der Waals surface area contributed by atoms with Crippen LogP contribution in [0.15, 0.2) is 59.6 Å². The zero-order valence-corrected chi connectivity index (χ0v) is 13.4. The second-order valence-electron chi connectivity index (χ2n) is 4.76. The minimum atomic E-state index is -0.243. The number of carbonyl (C=O) groups excluding carboxylic acids is 1. The molecule has 0 fully saturated rings. The topological polar surface area (TPSA) is 59.8 Å². The zero-order valence-electron chi connectivity index (χ0n) is 11.8. The Morgan fingerprint density at radius 2 is 2.14 bits per heavy atom. The van der Waals surface area contributed by atoms with E-state index in [4.69, 9.17) is 0 Å². The van der Waals surface area contributed by atoms with Crippen molar-refractivity contribution in [2.24, 2.45) is 0 Å². The Balaban J connectivity index is 1.85. The molecule has 5 nitrogen and oxygen atoms in total. The van der Waals surface area contributed by atoms with Crippen LogP contribution in [0.2, 0.25) is 0 Å². The highest BCUT2D eigenvalue weighted by Gasteiger charge is 2.10. The van der Waals surface area contributed by atoms with Crippen LogP contribution in [0.5, 0.6) is 0 Å². The minimum Gasteiger partial charge on any atom is -0.320 e. The molecule has 2 aromatic heterocycles. The van der Waals surface area contributed by atoms with Gasteiger partial charge in [0.05, 0.1) is 0 Å². The number of aryl methyl sites for hydroxylation is 1. The van der Waals surface area contributed by atoms with Gasteiger partial charge in [0, 0.05) is 22.6 Å². The van der Waals surface area contributed by atoms with Crippen molar-refractivity contribution in [3.63, 3.8) is 0 Å². The van der Waals surface area contributed by atoms with E-state index in [2.05, 4.69) is 31.2 Å². The fourth-order valence-corrected chi connectivity index (χ4v) is 2.52. The summed E-state index contributed by atoms with van der Waals surface area (Å²) in [6, 6.07) is 11.0. The maximum Gasteiger partial charge on any atom is 0.274 e. The van der Waals surface area contributed by atoms with Crippen LogP contribution in [0.1, 0.15) is 16.1 Å². The van der Waals surface area contributed by atoms with Gasteiger partial charge in [0.2, 0.25) is 0 Å². The highest BCUT2D eigenvalue weighted by molar-refractivity contribution is 9.10. The normalized spacial score (nSPS) is 10.5. The number of imidazole rings is 1. The van der Waals surface area contributed by atoms with Gasteiger partial charge in [0.25, 0.3) is 5.91 Å². The Morgan fingerprint density at radius 3 is 2.86 bits per heavy atom. The Bertz CT molecular complexity index is 815. The van der Waals surface area contributed by atoms with Crippen molar-refractivity contribution in [2.45, 2.75) is 6.92 Å². The lowest BCUT2D eigenvalue weighted by Gasteiger charge is -2.09. The van der Waals surface area contributed by atoms with Gasteiger partial charge in [-0.25, -0.2) is 9.97 Å². The van der Waals surface area contributed by atoms with E-state index in [1.54, 1.807) is 35.4 Å². The number of halogens is 1. The summed E-state index contributed by atoms with van der Waals surface area (Å²) < 4.78 is 2.73. The minimum absolute atomic E-state index is 0.243. The number of benzene rings is 1. The lowest BCUT2D eigenvalue weighted by atomic mass is 10.2. The molecule has 110 valence electrons. The Kier molecular flexibility index (Phi) is 4.02. The quantitative estimate of drug-likeness (QED) is 0.779. The molecule has 0 bridgehead atoms. The molecule has 0 atom stereocenters. The van der Waals surface area contributed by atoms with E-state index in [0.29, 0.717) is 11.5 Å². The summed E-state index contributed by atoms with van der Waals surface area (Å²) in [5, 5.41) is 2.88. The molecule has 0 aliphatic heterocycles. The molecule has 0 saturated carbocycles. The van der Waals surface area contributed by atoms with E-state index in [1.807, 2.05) is 31.2 Å². The third-order valence-corrected chi connectivity index (χ3v) is 3.67. The van der Waals surface area contributed by atoms with Gasteiger partial charge in [-0.05, 0) is 42.8 Å². The second kappa shape index (κ2) is 6.11. The van der Waals surface area contributed by atoms with Gasteiger partial charge in [0.15, 0.2) is 0 Å². The molecule has 1 aromatic carbocycles. The molecule has 6 heteroatoms. The fraction of sp³-hybridized carbons (Fsp3) is 0.0625. The van der Waals surface area contributed by atoms with E-state index in [1.165, 1.54) is 0 Å². The number of nitrogens with zero attached hydrogens (tertiary/aromatic N) is 3. The van der Waals surface area contributed by atoms with Crippen molar-refractivity contribution in [3.8, 4) is 5.82 Å². The number of anilines is 1. The first kappa shape index (κ1) is 14.5. The standard InChI is InChI=1S/C16H13BrN4O/c1-11-9-12(17)5-6-13(11)20-16(22)14-3-2-4-15(19-14)21-8-7-18-10-21/h2-10H,1H3,(H,20,22). The van der Waals surface area contributed by atoms with Crippen molar-refractivity contribution >= 4 is 27.5 Å². The zero-order chi connectivity index (χ0) is 15.5. The maximum atomic E-state index is 12.4. The third-order valence-electron chi connectivity index (χ3n) is 3.17. The van der Waals surface area contributed by atoms with Crippen LogP contribution in [0.3, 0.4) is 0 Å². The molecule has 0 aliphatic rings. The second-order valence-corrected chi connectivity index (χ2v) is 5.68. The first-order chi connectivity index (χ1) is 10.6. The summed E-state index contributed by atoms with van der Waals surface area (Å²) in [4.78, 5) is 20.7. The van der Waals surface area contributed by atoms with Crippen LogP contribution < -0.4 is 5.32 Å². The van der Waals surface area contributed by atoms with Crippen molar-refractivity contribution in [1.82, 2.24) is 14.5 Å². The predicted octanol–water partition coefficient (Wildman–Crippen LogP) is 3.59. The number of pyridine rings is 1. The highest BCUT2D eigenvalue weighted by atomic mass is 79.9. The van der Waals surface area contributed by atoms with Gasteiger partial charge in [-0.15, -0.1) is 0 Å². The lowest BCUT2D eigenvalue weighted by molar-refractivity contribution is 0.102. The van der Waals surface area contributed by atoms with Crippen LogP contribution in [0.4, 0.5) is 5.69 Å². The largest absolute Gasteiger partial charge is 0.320 e. The molecule has 3 aromatic rings. The first-order valence-corrected chi connectivity index (χ1v) is 7.46. The van der Waals surface area contributed by atoms with Gasteiger partial charge in [-0.2, -0.15) is 0 Å². The lowest BCUT2D eigenvalue weighted by Crippen LogP contribution is -2.15. The maximum absolute atomic E-state index is 12.4. The molecular weight excluding hydrogens is 344 g/mol. The van der Waals surface area contributed by atoms with Crippen molar-refractivity contribution < 1.29 is 4.79 Å². The van der Waals surface area contributed by atoms with Gasteiger partial charge in [0.1, 0.15) is 17.8 Å². The first-order valence-electron chi connectivity index (χ1n) is 6.66. The number of hydrogen-bond acceptors (Lipinski definition) is 3. The molecule has 3 rings (SSSR count). The summed E-state index contributed by atoms with van der Waals surface area (Å²) in [6.07, 6.45) is 5.09. The van der Waals surface area contributed by atoms with Gasteiger partial charge >= 0.3 is 0 Å². The van der Waals surface area contributed by atoms with Crippen LogP contribution in [0, 0.1) is 6.92 Å². The molecule has 22 heavy (non-hydrogen) atoms. The SMILES string of the molecule is Cc1cc(Br)ccc1NC(=O)c1cccc(-n2ccnc2)n1. The predicted molar refractivity (Wildman–Crippen MR) is 88.2 cm³/mol. The van der Waals surface area contributed by atoms with Crippen LogP contribution in [-0.4, -0.2) is 20.4 Å². The number of aromatic nitrogens is 3. The number of carbonyl (C=O) groups is 1. The van der Waals surface area contributed by atoms with E-state index in [0.717, 1.165) is 15.7 Å². The summed E-state index contributed by atoms with van der Waals surface area (Å²) in [5.74, 6) is 0.407. The fourth-order valence-electron chi connectivity index (χ4n) is 2.04. The third kappa shape index (κ3) is 3.07. The Labute approximate surface area is 136 Å². The van der Waals surface area contributed by atoms with Crippen molar-refractivity contribution in [1.29, 1.82) is 0 Å². The Hall–Kier alpha value is -2.47. The van der Waals surface area contributed by atoms with Crippen LogP contribution >= 0.6 is 15.9 Å². The number of amides is 1. The summed E-state index contributed by atoms with van der Waals surface area (Å²) >= 11 is 3.41. The van der Waals surface area contributed by atoms with E-state index < -0.39 is 0 Å².